The third-order valence-corrected chi connectivity index (χ3v) is 6.70. The third-order valence-electron chi connectivity index (χ3n) is 6.45. The largest absolute Gasteiger partial charge is 0.347 e. The summed E-state index contributed by atoms with van der Waals surface area (Å²) < 4.78 is 0. The summed E-state index contributed by atoms with van der Waals surface area (Å²) in [7, 11) is 3.82. The van der Waals surface area contributed by atoms with Crippen LogP contribution >= 0.6 is 11.6 Å². The fourth-order valence-corrected chi connectivity index (χ4v) is 4.67. The Morgan fingerprint density at radius 2 is 1.78 bits per heavy atom. The molecule has 0 bridgehead atoms. The van der Waals surface area contributed by atoms with E-state index in [1.54, 1.807) is 38.1 Å². The Morgan fingerprint density at radius 3 is 2.44 bits per heavy atom. The zero-order chi connectivity index (χ0) is 25.9. The molecule has 2 heterocycles. The van der Waals surface area contributed by atoms with Crippen LogP contribution in [0.3, 0.4) is 0 Å². The molecule has 0 aliphatic carbocycles. The maximum Gasteiger partial charge on any atom is 0.252 e. The van der Waals surface area contributed by atoms with Gasteiger partial charge in [-0.25, -0.2) is 9.97 Å². The lowest BCUT2D eigenvalue weighted by Gasteiger charge is -2.38. The molecule has 1 aliphatic rings. The van der Waals surface area contributed by atoms with Crippen LogP contribution in [-0.2, 0) is 4.79 Å². The number of likely N-dealkylation sites (tertiary alicyclic amines) is 1. The molecule has 1 atom stereocenters. The predicted molar refractivity (Wildman–Crippen MR) is 143 cm³/mol. The van der Waals surface area contributed by atoms with Gasteiger partial charge >= 0.3 is 0 Å². The average Bonchev–Trinajstić information content (AvgIpc) is 2.88. The van der Waals surface area contributed by atoms with Crippen molar-refractivity contribution in [3.8, 4) is 11.1 Å². The van der Waals surface area contributed by atoms with Gasteiger partial charge in [0.15, 0.2) is 0 Å². The van der Waals surface area contributed by atoms with Crippen LogP contribution in [0.25, 0.3) is 11.1 Å². The smallest absolute Gasteiger partial charge is 0.252 e. The minimum Gasteiger partial charge on any atom is -0.347 e. The molecule has 0 unspecified atom stereocenters. The molecule has 0 saturated carbocycles. The fraction of sp³-hybridized carbons (Fsp3) is 0.357. The van der Waals surface area contributed by atoms with Crippen LogP contribution < -0.4 is 10.2 Å². The first-order chi connectivity index (χ1) is 17.2. The highest BCUT2D eigenvalue weighted by atomic mass is 35.5. The van der Waals surface area contributed by atoms with Gasteiger partial charge in [-0.15, -0.1) is 0 Å². The zero-order valence-electron chi connectivity index (χ0n) is 21.2. The highest BCUT2D eigenvalue weighted by Crippen LogP contribution is 2.35. The van der Waals surface area contributed by atoms with Gasteiger partial charge in [0.25, 0.3) is 5.91 Å². The number of nitrogens with one attached hydrogen (secondary N) is 1. The van der Waals surface area contributed by atoms with Crippen molar-refractivity contribution in [2.75, 3.05) is 32.1 Å². The number of rotatable bonds is 6. The summed E-state index contributed by atoms with van der Waals surface area (Å²) in [5, 5.41) is 3.58. The Hall–Kier alpha value is -3.45. The van der Waals surface area contributed by atoms with Crippen LogP contribution in [0.5, 0.6) is 0 Å². The van der Waals surface area contributed by atoms with E-state index >= 15 is 0 Å². The molecule has 1 aliphatic heterocycles. The van der Waals surface area contributed by atoms with Crippen LogP contribution in [0.4, 0.5) is 5.95 Å². The third kappa shape index (κ3) is 5.68. The summed E-state index contributed by atoms with van der Waals surface area (Å²) in [5.74, 6) is 0.294. The lowest BCUT2D eigenvalue weighted by Crippen LogP contribution is -2.57. The summed E-state index contributed by atoms with van der Waals surface area (Å²) >= 11 is 6.11. The van der Waals surface area contributed by atoms with E-state index in [9.17, 15) is 9.59 Å². The standard InChI is InChI=1S/C28H32ClN5O2/c1-28(2,32-25(35)20-9-6-5-7-10-20)26(36)34-16-8-11-21(18-34)24-23(17-30-27(31-24)33(3)4)19-12-14-22(29)15-13-19/h5-7,9-10,12-15,17,21H,8,11,16,18H2,1-4H3,(H,32,35)/t21-/m0/s1. The summed E-state index contributed by atoms with van der Waals surface area (Å²) in [5.41, 5.74) is 2.32. The first kappa shape index (κ1) is 25.6. The SMILES string of the molecule is CN(C)c1ncc(-c2ccc(Cl)cc2)c([C@H]2CCCN(C(=O)C(C)(C)NC(=O)c3ccccc3)C2)n1. The van der Waals surface area contributed by atoms with E-state index in [4.69, 9.17) is 16.6 Å². The number of hydrogen-bond donors (Lipinski definition) is 1. The second-order valence-corrected chi connectivity index (χ2v) is 10.3. The molecule has 3 aromatic rings. The molecule has 2 amide bonds. The van der Waals surface area contributed by atoms with Crippen LogP contribution in [-0.4, -0.2) is 59.4 Å². The summed E-state index contributed by atoms with van der Waals surface area (Å²) in [6, 6.07) is 16.6. The number of benzene rings is 2. The minimum atomic E-state index is -1.05. The minimum absolute atomic E-state index is 0.0377. The Balaban J connectivity index is 1.58. The molecule has 1 saturated heterocycles. The maximum atomic E-state index is 13.6. The zero-order valence-corrected chi connectivity index (χ0v) is 21.9. The quantitative estimate of drug-likeness (QED) is 0.521. The Bertz CT molecular complexity index is 1230. The van der Waals surface area contributed by atoms with Gasteiger partial charge in [-0.05, 0) is 56.5 Å². The van der Waals surface area contributed by atoms with Crippen molar-refractivity contribution in [1.82, 2.24) is 20.2 Å². The molecule has 1 fully saturated rings. The molecule has 36 heavy (non-hydrogen) atoms. The molecule has 1 N–H and O–H groups in total. The Morgan fingerprint density at radius 1 is 1.08 bits per heavy atom. The van der Waals surface area contributed by atoms with E-state index in [1.807, 2.05) is 60.4 Å². The van der Waals surface area contributed by atoms with Gasteiger partial charge in [-0.2, -0.15) is 0 Å². The second-order valence-electron chi connectivity index (χ2n) is 9.91. The molecule has 1 aromatic heterocycles. The number of halogens is 1. The van der Waals surface area contributed by atoms with Crippen LogP contribution in [0.15, 0.2) is 60.8 Å². The molecule has 7 nitrogen and oxygen atoms in total. The van der Waals surface area contributed by atoms with Crippen molar-refractivity contribution in [1.29, 1.82) is 0 Å². The molecule has 2 aromatic carbocycles. The number of carbonyl (C=O) groups excluding carboxylic acids is 2. The number of nitrogens with zero attached hydrogens (tertiary/aromatic N) is 4. The van der Waals surface area contributed by atoms with E-state index in [0.717, 1.165) is 29.7 Å². The number of carbonyl (C=O) groups is 2. The molecular weight excluding hydrogens is 474 g/mol. The number of aromatic nitrogens is 2. The van der Waals surface area contributed by atoms with Gasteiger partial charge in [0, 0.05) is 55.4 Å². The van der Waals surface area contributed by atoms with Gasteiger partial charge in [0.2, 0.25) is 11.9 Å². The summed E-state index contributed by atoms with van der Waals surface area (Å²) in [6.45, 7) is 4.68. The molecule has 4 rings (SSSR count). The van der Waals surface area contributed by atoms with Crippen molar-refractivity contribution in [3.05, 3.63) is 77.1 Å². The normalized spacial score (nSPS) is 15.9. The van der Waals surface area contributed by atoms with Crippen LogP contribution in [0.2, 0.25) is 5.02 Å². The summed E-state index contributed by atoms with van der Waals surface area (Å²) in [4.78, 5) is 39.5. The first-order valence-electron chi connectivity index (χ1n) is 12.1. The highest BCUT2D eigenvalue weighted by molar-refractivity contribution is 6.30. The van der Waals surface area contributed by atoms with E-state index in [-0.39, 0.29) is 17.7 Å². The second kappa shape index (κ2) is 10.7. The number of hydrogen-bond acceptors (Lipinski definition) is 5. The van der Waals surface area contributed by atoms with Crippen molar-refractivity contribution < 1.29 is 9.59 Å². The number of amides is 2. The maximum absolute atomic E-state index is 13.6. The van der Waals surface area contributed by atoms with E-state index in [2.05, 4.69) is 10.3 Å². The molecule has 0 spiro atoms. The van der Waals surface area contributed by atoms with Gasteiger partial charge in [0.1, 0.15) is 5.54 Å². The first-order valence-corrected chi connectivity index (χ1v) is 12.5. The summed E-state index contributed by atoms with van der Waals surface area (Å²) in [6.07, 6.45) is 3.61. The van der Waals surface area contributed by atoms with Crippen molar-refractivity contribution >= 4 is 29.4 Å². The lowest BCUT2D eigenvalue weighted by molar-refractivity contribution is -0.138. The van der Waals surface area contributed by atoms with Crippen LogP contribution in [0.1, 0.15) is 48.7 Å². The monoisotopic (exact) mass is 505 g/mol. The van der Waals surface area contributed by atoms with Gasteiger partial charge in [0.05, 0.1) is 5.69 Å². The molecule has 188 valence electrons. The predicted octanol–water partition coefficient (Wildman–Crippen LogP) is 4.78. The fourth-order valence-electron chi connectivity index (χ4n) is 4.54. The molecular formula is C28H32ClN5O2. The van der Waals surface area contributed by atoms with Crippen molar-refractivity contribution in [3.63, 3.8) is 0 Å². The van der Waals surface area contributed by atoms with Gasteiger partial charge in [-0.1, -0.05) is 41.9 Å². The van der Waals surface area contributed by atoms with Crippen molar-refractivity contribution in [2.45, 2.75) is 38.1 Å². The number of piperidine rings is 1. The number of anilines is 1. The molecule has 0 radical (unpaired) electrons. The lowest BCUT2D eigenvalue weighted by atomic mass is 9.89. The Labute approximate surface area is 217 Å². The van der Waals surface area contributed by atoms with Gasteiger partial charge < -0.3 is 15.1 Å². The molecule has 8 heteroatoms. The highest BCUT2D eigenvalue weighted by Gasteiger charge is 2.37. The average molecular weight is 506 g/mol. The van der Waals surface area contributed by atoms with E-state index in [1.165, 1.54) is 0 Å². The van der Waals surface area contributed by atoms with E-state index < -0.39 is 5.54 Å². The van der Waals surface area contributed by atoms with Crippen molar-refractivity contribution in [2.24, 2.45) is 0 Å². The van der Waals surface area contributed by atoms with Gasteiger partial charge in [-0.3, -0.25) is 9.59 Å². The van der Waals surface area contributed by atoms with Crippen LogP contribution in [0, 0.1) is 0 Å². The Kier molecular flexibility index (Phi) is 7.59. The topological polar surface area (TPSA) is 78.4 Å². The van der Waals surface area contributed by atoms with E-state index in [0.29, 0.717) is 29.6 Å².